The molecular formula is C13H23N3O. The molecule has 17 heavy (non-hydrogen) atoms. The Morgan fingerprint density at radius 1 is 1.41 bits per heavy atom. The van der Waals surface area contributed by atoms with Crippen LogP contribution in [0.5, 0.6) is 0 Å². The maximum atomic E-state index is 11.5. The average molecular weight is 237 g/mol. The Hall–Kier alpha value is -1.13. The third-order valence-corrected chi connectivity index (χ3v) is 2.97. The Morgan fingerprint density at radius 2 is 2.12 bits per heavy atom. The first-order valence-corrected chi connectivity index (χ1v) is 6.29. The van der Waals surface area contributed by atoms with E-state index in [1.165, 1.54) is 0 Å². The zero-order valence-corrected chi connectivity index (χ0v) is 11.0. The van der Waals surface area contributed by atoms with Gasteiger partial charge in [-0.2, -0.15) is 0 Å². The van der Waals surface area contributed by atoms with Crippen molar-refractivity contribution in [3.8, 4) is 0 Å². The SMILES string of the molecule is CCN(CC)CC(C)NCc1c[nH]ccc1=O. The quantitative estimate of drug-likeness (QED) is 0.749. The van der Waals surface area contributed by atoms with Gasteiger partial charge in [-0.3, -0.25) is 4.79 Å². The van der Waals surface area contributed by atoms with Gasteiger partial charge in [0.05, 0.1) is 0 Å². The van der Waals surface area contributed by atoms with Gasteiger partial charge in [0, 0.05) is 43.2 Å². The van der Waals surface area contributed by atoms with Gasteiger partial charge in [0.15, 0.2) is 5.43 Å². The van der Waals surface area contributed by atoms with Crippen molar-refractivity contribution in [3.63, 3.8) is 0 Å². The van der Waals surface area contributed by atoms with Gasteiger partial charge in [-0.05, 0) is 20.0 Å². The molecule has 0 aromatic carbocycles. The van der Waals surface area contributed by atoms with Gasteiger partial charge in [-0.1, -0.05) is 13.8 Å². The van der Waals surface area contributed by atoms with Crippen LogP contribution in [0.15, 0.2) is 23.3 Å². The molecule has 0 amide bonds. The van der Waals surface area contributed by atoms with Crippen molar-refractivity contribution in [3.05, 3.63) is 34.2 Å². The van der Waals surface area contributed by atoms with Gasteiger partial charge in [-0.25, -0.2) is 0 Å². The fraction of sp³-hybridized carbons (Fsp3) is 0.615. The molecule has 2 N–H and O–H groups in total. The number of hydrogen-bond acceptors (Lipinski definition) is 3. The second-order valence-corrected chi connectivity index (χ2v) is 4.30. The predicted molar refractivity (Wildman–Crippen MR) is 71.2 cm³/mol. The smallest absolute Gasteiger partial charge is 0.186 e. The monoisotopic (exact) mass is 237 g/mol. The first-order valence-electron chi connectivity index (χ1n) is 6.29. The third-order valence-electron chi connectivity index (χ3n) is 2.97. The van der Waals surface area contributed by atoms with E-state index in [4.69, 9.17) is 0 Å². The van der Waals surface area contributed by atoms with Gasteiger partial charge in [0.1, 0.15) is 0 Å². The Labute approximate surface area is 103 Å². The summed E-state index contributed by atoms with van der Waals surface area (Å²) in [5.41, 5.74) is 0.880. The van der Waals surface area contributed by atoms with Crippen molar-refractivity contribution < 1.29 is 0 Å². The van der Waals surface area contributed by atoms with Crippen LogP contribution in [0.3, 0.4) is 0 Å². The molecule has 0 fully saturated rings. The lowest BCUT2D eigenvalue weighted by Crippen LogP contribution is -2.39. The number of H-pyrrole nitrogens is 1. The molecule has 1 atom stereocenters. The van der Waals surface area contributed by atoms with Crippen LogP contribution < -0.4 is 10.7 Å². The first-order chi connectivity index (χ1) is 8.17. The number of pyridine rings is 1. The van der Waals surface area contributed by atoms with Crippen LogP contribution in [0.1, 0.15) is 26.3 Å². The maximum Gasteiger partial charge on any atom is 0.186 e. The van der Waals surface area contributed by atoms with E-state index in [1.807, 2.05) is 0 Å². The lowest BCUT2D eigenvalue weighted by atomic mass is 10.2. The standard InChI is InChI=1S/C13H23N3O/c1-4-16(5-2)10-11(3)15-9-12-8-14-7-6-13(12)17/h6-8,11,15H,4-5,9-10H2,1-3H3,(H,14,17). The highest BCUT2D eigenvalue weighted by Gasteiger charge is 2.07. The Kier molecular flexibility index (Phi) is 5.94. The molecule has 1 unspecified atom stereocenters. The summed E-state index contributed by atoms with van der Waals surface area (Å²) in [4.78, 5) is 16.8. The van der Waals surface area contributed by atoms with Crippen molar-refractivity contribution in [2.45, 2.75) is 33.4 Å². The van der Waals surface area contributed by atoms with Crippen LogP contribution in [0, 0.1) is 0 Å². The van der Waals surface area contributed by atoms with Gasteiger partial charge in [0.25, 0.3) is 0 Å². The Morgan fingerprint density at radius 3 is 2.71 bits per heavy atom. The summed E-state index contributed by atoms with van der Waals surface area (Å²) in [5, 5.41) is 3.38. The van der Waals surface area contributed by atoms with E-state index >= 15 is 0 Å². The summed E-state index contributed by atoms with van der Waals surface area (Å²) in [7, 11) is 0. The molecule has 0 aliphatic heterocycles. The van der Waals surface area contributed by atoms with Crippen molar-refractivity contribution in [2.24, 2.45) is 0 Å². The molecule has 1 aromatic rings. The molecule has 0 spiro atoms. The molecular weight excluding hydrogens is 214 g/mol. The van der Waals surface area contributed by atoms with Crippen molar-refractivity contribution in [2.75, 3.05) is 19.6 Å². The summed E-state index contributed by atoms with van der Waals surface area (Å²) >= 11 is 0. The highest BCUT2D eigenvalue weighted by molar-refractivity contribution is 5.08. The Bertz CT molecular complexity index is 371. The molecule has 0 aliphatic rings. The van der Waals surface area contributed by atoms with Crippen LogP contribution >= 0.6 is 0 Å². The van der Waals surface area contributed by atoms with E-state index in [2.05, 4.69) is 36.0 Å². The lowest BCUT2D eigenvalue weighted by Gasteiger charge is -2.23. The fourth-order valence-corrected chi connectivity index (χ4v) is 1.81. The van der Waals surface area contributed by atoms with Gasteiger partial charge in [-0.15, -0.1) is 0 Å². The van der Waals surface area contributed by atoms with Crippen LogP contribution in [0.2, 0.25) is 0 Å². The zero-order chi connectivity index (χ0) is 12.7. The molecule has 0 aliphatic carbocycles. The molecule has 4 nitrogen and oxygen atoms in total. The largest absolute Gasteiger partial charge is 0.367 e. The van der Waals surface area contributed by atoms with E-state index in [0.29, 0.717) is 12.6 Å². The van der Waals surface area contributed by atoms with E-state index < -0.39 is 0 Å². The van der Waals surface area contributed by atoms with Crippen LogP contribution in [0.25, 0.3) is 0 Å². The topological polar surface area (TPSA) is 48.1 Å². The summed E-state index contributed by atoms with van der Waals surface area (Å²) in [5.74, 6) is 0. The van der Waals surface area contributed by atoms with Crippen molar-refractivity contribution >= 4 is 0 Å². The fourth-order valence-electron chi connectivity index (χ4n) is 1.81. The summed E-state index contributed by atoms with van der Waals surface area (Å²) in [6, 6.07) is 1.95. The average Bonchev–Trinajstić information content (AvgIpc) is 2.35. The van der Waals surface area contributed by atoms with Crippen molar-refractivity contribution in [1.82, 2.24) is 15.2 Å². The molecule has 1 rings (SSSR count). The highest BCUT2D eigenvalue weighted by atomic mass is 16.1. The number of nitrogens with one attached hydrogen (secondary N) is 2. The predicted octanol–water partition coefficient (Wildman–Crippen LogP) is 1.19. The minimum atomic E-state index is 0.0892. The van der Waals surface area contributed by atoms with E-state index in [9.17, 15) is 4.79 Å². The number of hydrogen-bond donors (Lipinski definition) is 2. The maximum absolute atomic E-state index is 11.5. The number of aromatic nitrogens is 1. The second-order valence-electron chi connectivity index (χ2n) is 4.30. The molecule has 0 radical (unpaired) electrons. The molecule has 1 aromatic heterocycles. The van der Waals surface area contributed by atoms with Gasteiger partial charge >= 0.3 is 0 Å². The number of aromatic amines is 1. The third kappa shape index (κ3) is 4.71. The van der Waals surface area contributed by atoms with E-state index in [0.717, 1.165) is 25.2 Å². The summed E-state index contributed by atoms with van der Waals surface area (Å²) in [6.07, 6.45) is 3.42. The summed E-state index contributed by atoms with van der Waals surface area (Å²) < 4.78 is 0. The van der Waals surface area contributed by atoms with Crippen molar-refractivity contribution in [1.29, 1.82) is 0 Å². The lowest BCUT2D eigenvalue weighted by molar-refractivity contribution is 0.270. The highest BCUT2D eigenvalue weighted by Crippen LogP contribution is 1.94. The van der Waals surface area contributed by atoms with Crippen LogP contribution in [0.4, 0.5) is 0 Å². The summed E-state index contributed by atoms with van der Waals surface area (Å²) in [6.45, 7) is 10.2. The Balaban J connectivity index is 2.40. The molecule has 4 heteroatoms. The van der Waals surface area contributed by atoms with Crippen LogP contribution in [-0.2, 0) is 6.54 Å². The van der Waals surface area contributed by atoms with Gasteiger partial charge < -0.3 is 15.2 Å². The van der Waals surface area contributed by atoms with E-state index in [-0.39, 0.29) is 5.43 Å². The first kappa shape index (κ1) is 13.9. The van der Waals surface area contributed by atoms with Gasteiger partial charge in [0.2, 0.25) is 0 Å². The second kappa shape index (κ2) is 7.25. The minimum absolute atomic E-state index is 0.0892. The number of rotatable bonds is 7. The molecule has 0 saturated carbocycles. The molecule has 1 heterocycles. The molecule has 0 saturated heterocycles. The molecule has 0 bridgehead atoms. The van der Waals surface area contributed by atoms with Crippen LogP contribution in [-0.4, -0.2) is 35.6 Å². The van der Waals surface area contributed by atoms with E-state index in [1.54, 1.807) is 18.5 Å². The number of likely N-dealkylation sites (N-methyl/N-ethyl adjacent to an activating group) is 1. The minimum Gasteiger partial charge on any atom is -0.367 e. The number of nitrogens with zero attached hydrogens (tertiary/aromatic N) is 1. The zero-order valence-electron chi connectivity index (χ0n) is 11.0. The molecule has 96 valence electrons. The normalized spacial score (nSPS) is 12.9.